The van der Waals surface area contributed by atoms with Gasteiger partial charge in [-0.3, -0.25) is 10.8 Å². The molecule has 0 aliphatic rings. The van der Waals surface area contributed by atoms with Crippen molar-refractivity contribution in [1.82, 2.24) is 10.2 Å². The molecule has 1 aromatic rings. The van der Waals surface area contributed by atoms with Gasteiger partial charge in [-0.15, -0.1) is 0 Å². The Kier molecular flexibility index (Phi) is 1.48. The molecule has 0 saturated heterocycles. The molecule has 0 saturated carbocycles. The summed E-state index contributed by atoms with van der Waals surface area (Å²) in [5, 5.41) is 6.22. The van der Waals surface area contributed by atoms with Crippen LogP contribution < -0.4 is 10.5 Å². The Bertz CT molecular complexity index is 137. The second kappa shape index (κ2) is 2.32. The van der Waals surface area contributed by atoms with Gasteiger partial charge in [0, 0.05) is 0 Å². The maximum absolute atomic E-state index is 5.06. The number of hydrogen-bond donors (Lipinski definition) is 2. The molecule has 0 spiro atoms. The zero-order valence-electron chi connectivity index (χ0n) is 4.29. The monoisotopic (exact) mass is 113 g/mol. The fourth-order valence-electron chi connectivity index (χ4n) is 0.414. The molecule has 0 bridgehead atoms. The third kappa shape index (κ3) is 0.974. The van der Waals surface area contributed by atoms with Gasteiger partial charge in [0.15, 0.2) is 5.75 Å². The van der Waals surface area contributed by atoms with Gasteiger partial charge in [0.2, 0.25) is 0 Å². The van der Waals surface area contributed by atoms with E-state index in [9.17, 15) is 0 Å². The highest BCUT2D eigenvalue weighted by Crippen LogP contribution is 2.01. The van der Waals surface area contributed by atoms with Gasteiger partial charge in [0.05, 0.1) is 12.4 Å². The summed E-state index contributed by atoms with van der Waals surface area (Å²) in [7, 11) is 0. The van der Waals surface area contributed by atoms with E-state index in [2.05, 4.69) is 10.2 Å². The van der Waals surface area contributed by atoms with E-state index in [4.69, 9.17) is 10.5 Å². The molecular formula is C4H7N3O. The number of rotatable bonds is 2. The molecule has 0 amide bonds. The van der Waals surface area contributed by atoms with Crippen LogP contribution in [0, 0.1) is 0 Å². The number of nitrogens with two attached hydrogens (primary N) is 1. The van der Waals surface area contributed by atoms with Crippen LogP contribution in [0.2, 0.25) is 0 Å². The summed E-state index contributed by atoms with van der Waals surface area (Å²) >= 11 is 0. The van der Waals surface area contributed by atoms with E-state index in [0.717, 1.165) is 0 Å². The largest absolute Gasteiger partial charge is 0.475 e. The van der Waals surface area contributed by atoms with Crippen molar-refractivity contribution < 1.29 is 4.74 Å². The highest BCUT2D eigenvalue weighted by Gasteiger charge is 1.87. The van der Waals surface area contributed by atoms with Crippen molar-refractivity contribution in [2.75, 3.05) is 6.73 Å². The number of aromatic amines is 1. The van der Waals surface area contributed by atoms with Gasteiger partial charge in [-0.25, -0.2) is 0 Å². The number of nitrogens with one attached hydrogen (secondary N) is 1. The first-order chi connectivity index (χ1) is 3.93. The normalized spacial score (nSPS) is 9.12. The topological polar surface area (TPSA) is 63.9 Å². The zero-order valence-corrected chi connectivity index (χ0v) is 4.29. The smallest absolute Gasteiger partial charge is 0.158 e. The van der Waals surface area contributed by atoms with Crippen LogP contribution in [0.25, 0.3) is 0 Å². The molecule has 0 aromatic carbocycles. The first-order valence-electron chi connectivity index (χ1n) is 2.25. The highest BCUT2D eigenvalue weighted by atomic mass is 16.5. The second-order valence-corrected chi connectivity index (χ2v) is 1.25. The van der Waals surface area contributed by atoms with Crippen LogP contribution in [-0.4, -0.2) is 16.9 Å². The molecule has 0 fully saturated rings. The van der Waals surface area contributed by atoms with E-state index in [1.807, 2.05) is 0 Å². The van der Waals surface area contributed by atoms with Crippen molar-refractivity contribution in [3.8, 4) is 5.75 Å². The third-order valence-corrected chi connectivity index (χ3v) is 0.723. The standard InChI is InChI=1S/C4H7N3O/c5-3-8-4-1-6-7-2-4/h1-2H,3,5H2,(H,6,7). The summed E-state index contributed by atoms with van der Waals surface area (Å²) in [6, 6.07) is 0. The lowest BCUT2D eigenvalue weighted by Crippen LogP contribution is -2.06. The van der Waals surface area contributed by atoms with E-state index in [1.54, 1.807) is 12.4 Å². The highest BCUT2D eigenvalue weighted by molar-refractivity contribution is 5.09. The van der Waals surface area contributed by atoms with Crippen LogP contribution in [0.5, 0.6) is 5.75 Å². The second-order valence-electron chi connectivity index (χ2n) is 1.25. The van der Waals surface area contributed by atoms with Gasteiger partial charge < -0.3 is 4.74 Å². The Morgan fingerprint density at radius 3 is 3.25 bits per heavy atom. The minimum absolute atomic E-state index is 0.194. The molecule has 1 heterocycles. The lowest BCUT2D eigenvalue weighted by Gasteiger charge is -1.92. The van der Waals surface area contributed by atoms with Crippen LogP contribution in [0.1, 0.15) is 0 Å². The summed E-state index contributed by atoms with van der Waals surface area (Å²) in [6.45, 7) is 0.194. The quantitative estimate of drug-likeness (QED) is 0.518. The average Bonchev–Trinajstić information content (AvgIpc) is 2.19. The first-order valence-corrected chi connectivity index (χ1v) is 2.25. The van der Waals surface area contributed by atoms with Crippen molar-refractivity contribution in [3.05, 3.63) is 12.4 Å². The Morgan fingerprint density at radius 2 is 2.75 bits per heavy atom. The maximum atomic E-state index is 5.06. The lowest BCUT2D eigenvalue weighted by atomic mass is 10.7. The molecule has 0 aliphatic carbocycles. The summed E-state index contributed by atoms with van der Waals surface area (Å²) in [5.41, 5.74) is 5.06. The first kappa shape index (κ1) is 5.11. The van der Waals surface area contributed by atoms with Gasteiger partial charge in [0.1, 0.15) is 6.73 Å². The summed E-state index contributed by atoms with van der Waals surface area (Å²) < 4.78 is 4.83. The van der Waals surface area contributed by atoms with E-state index >= 15 is 0 Å². The van der Waals surface area contributed by atoms with Gasteiger partial charge in [-0.2, -0.15) is 5.10 Å². The average molecular weight is 113 g/mol. The zero-order chi connectivity index (χ0) is 5.82. The Hall–Kier alpha value is -1.03. The Morgan fingerprint density at radius 1 is 1.88 bits per heavy atom. The molecule has 8 heavy (non-hydrogen) atoms. The maximum Gasteiger partial charge on any atom is 0.158 e. The number of aromatic nitrogens is 2. The van der Waals surface area contributed by atoms with Gasteiger partial charge in [0.25, 0.3) is 0 Å². The summed E-state index contributed by atoms with van der Waals surface area (Å²) in [6.07, 6.45) is 3.19. The molecule has 0 radical (unpaired) electrons. The van der Waals surface area contributed by atoms with Crippen LogP contribution in [-0.2, 0) is 0 Å². The summed E-state index contributed by atoms with van der Waals surface area (Å²) in [4.78, 5) is 0. The molecule has 3 N–H and O–H groups in total. The number of hydrogen-bond acceptors (Lipinski definition) is 3. The van der Waals surface area contributed by atoms with Gasteiger partial charge >= 0.3 is 0 Å². The fraction of sp³-hybridized carbons (Fsp3) is 0.250. The molecule has 4 nitrogen and oxygen atoms in total. The molecule has 0 aliphatic heterocycles. The van der Waals surface area contributed by atoms with E-state index in [-0.39, 0.29) is 6.73 Å². The number of nitrogens with zero attached hydrogens (tertiary/aromatic N) is 1. The number of ether oxygens (including phenoxy) is 1. The molecule has 1 rings (SSSR count). The predicted octanol–water partition coefficient (Wildman–Crippen LogP) is -0.295. The van der Waals surface area contributed by atoms with Crippen LogP contribution in [0.15, 0.2) is 12.4 Å². The van der Waals surface area contributed by atoms with Crippen LogP contribution in [0.3, 0.4) is 0 Å². The van der Waals surface area contributed by atoms with Gasteiger partial charge in [-0.1, -0.05) is 0 Å². The molecule has 0 atom stereocenters. The molecule has 1 aromatic heterocycles. The van der Waals surface area contributed by atoms with Crippen LogP contribution >= 0.6 is 0 Å². The predicted molar refractivity (Wildman–Crippen MR) is 28.3 cm³/mol. The van der Waals surface area contributed by atoms with E-state index < -0.39 is 0 Å². The lowest BCUT2D eigenvalue weighted by molar-refractivity contribution is 0.330. The third-order valence-electron chi connectivity index (χ3n) is 0.723. The Labute approximate surface area is 46.6 Å². The number of H-pyrrole nitrogens is 1. The van der Waals surface area contributed by atoms with Crippen molar-refractivity contribution in [2.45, 2.75) is 0 Å². The SMILES string of the molecule is NCOc1cn[nH]c1. The van der Waals surface area contributed by atoms with Gasteiger partial charge in [-0.05, 0) is 0 Å². The Balaban J connectivity index is 2.50. The minimum atomic E-state index is 0.194. The van der Waals surface area contributed by atoms with Crippen molar-refractivity contribution >= 4 is 0 Å². The fourth-order valence-corrected chi connectivity index (χ4v) is 0.414. The van der Waals surface area contributed by atoms with Crippen molar-refractivity contribution in [2.24, 2.45) is 5.73 Å². The summed E-state index contributed by atoms with van der Waals surface area (Å²) in [5.74, 6) is 0.674. The van der Waals surface area contributed by atoms with E-state index in [1.165, 1.54) is 0 Å². The van der Waals surface area contributed by atoms with Crippen molar-refractivity contribution in [1.29, 1.82) is 0 Å². The molecule has 4 heteroatoms. The molecule has 44 valence electrons. The molecular weight excluding hydrogens is 106 g/mol. The minimum Gasteiger partial charge on any atom is -0.475 e. The van der Waals surface area contributed by atoms with E-state index in [0.29, 0.717) is 5.75 Å². The van der Waals surface area contributed by atoms with Crippen molar-refractivity contribution in [3.63, 3.8) is 0 Å². The molecule has 0 unspecified atom stereocenters. The van der Waals surface area contributed by atoms with Crippen LogP contribution in [0.4, 0.5) is 0 Å².